The molecule has 0 atom stereocenters. The smallest absolute Gasteiger partial charge is 0.271 e. The molecular weight excluding hydrogens is 566 g/mol. The van der Waals surface area contributed by atoms with Gasteiger partial charge in [0.05, 0.1) is 0 Å². The van der Waals surface area contributed by atoms with Crippen LogP contribution >= 0.6 is 0 Å². The number of primary amides is 1. The zero-order valence-corrected chi connectivity index (χ0v) is 26.4. The van der Waals surface area contributed by atoms with Gasteiger partial charge in [0.15, 0.2) is 17.3 Å². The quantitative estimate of drug-likeness (QED) is 0.324. The topological polar surface area (TPSA) is 125 Å². The number of pyridine rings is 1. The van der Waals surface area contributed by atoms with Gasteiger partial charge in [-0.25, -0.2) is 9.97 Å². The van der Waals surface area contributed by atoms with Crippen LogP contribution in [-0.4, -0.2) is 102 Å². The Morgan fingerprint density at radius 2 is 1.80 bits per heavy atom. The Labute approximate surface area is 270 Å². The summed E-state index contributed by atoms with van der Waals surface area (Å²) in [5.41, 5.74) is 11.4. The fourth-order valence-electron chi connectivity index (χ4n) is 6.68. The molecule has 0 aliphatic carbocycles. The summed E-state index contributed by atoms with van der Waals surface area (Å²) in [5.74, 6) is 0.223. The molecule has 3 fully saturated rings. The van der Waals surface area contributed by atoms with E-state index in [-0.39, 0.29) is 11.7 Å². The minimum atomic E-state index is -2.01. The fraction of sp³-hybridized carbons (Fsp3) is 0.529. The van der Waals surface area contributed by atoms with Gasteiger partial charge >= 0.3 is 0 Å². The Balaban J connectivity index is 1.20. The average Bonchev–Trinajstić information content (AvgIpc) is 3.08. The van der Waals surface area contributed by atoms with E-state index in [4.69, 9.17) is 24.6 Å². The van der Waals surface area contributed by atoms with E-state index in [1.807, 2.05) is 25.1 Å². The number of hydrogen-bond acceptors (Lipinski definition) is 10. The minimum absolute atomic E-state index is 0.0703. The molecule has 1 amide bonds. The van der Waals surface area contributed by atoms with Gasteiger partial charge < -0.3 is 30.9 Å². The van der Waals surface area contributed by atoms with Crippen molar-refractivity contribution >= 4 is 28.9 Å². The minimum Gasteiger partial charge on any atom is -0.381 e. The molecule has 0 unspecified atom stereocenters. The maximum Gasteiger partial charge on any atom is 0.271 e. The van der Waals surface area contributed by atoms with Crippen LogP contribution in [-0.2, 0) is 11.2 Å². The second kappa shape index (κ2) is 14.1. The second-order valence-corrected chi connectivity index (χ2v) is 12.3. The lowest BCUT2D eigenvalue weighted by molar-refractivity contribution is 0.0904. The lowest BCUT2D eigenvalue weighted by atomic mass is 10.00. The summed E-state index contributed by atoms with van der Waals surface area (Å²) in [6.45, 7) is 8.07. The lowest BCUT2D eigenvalue weighted by Gasteiger charge is -2.43. The number of ether oxygens (including phenoxy) is 1. The molecule has 0 saturated carbocycles. The third-order valence-electron chi connectivity index (χ3n) is 9.22. The summed E-state index contributed by atoms with van der Waals surface area (Å²) in [6.07, 6.45) is 6.34. The Kier molecular flexibility index (Phi) is 8.62. The van der Waals surface area contributed by atoms with Crippen LogP contribution in [0.2, 0.25) is 0 Å². The Morgan fingerprint density at radius 1 is 1.02 bits per heavy atom. The van der Waals surface area contributed by atoms with Crippen molar-refractivity contribution in [2.24, 2.45) is 5.73 Å². The first kappa shape index (κ1) is 27.5. The molecule has 0 bridgehead atoms. The van der Waals surface area contributed by atoms with Crippen LogP contribution in [0.1, 0.15) is 58.5 Å². The van der Waals surface area contributed by atoms with E-state index in [1.54, 1.807) is 11.1 Å². The largest absolute Gasteiger partial charge is 0.381 e. The number of aryl methyl sites for hydroxylation is 2. The molecule has 1 aromatic carbocycles. The van der Waals surface area contributed by atoms with Crippen molar-refractivity contribution in [3.63, 3.8) is 0 Å². The van der Waals surface area contributed by atoms with Crippen LogP contribution in [0.4, 0.5) is 23.0 Å². The Hall–Kier alpha value is -3.80. The van der Waals surface area contributed by atoms with Crippen molar-refractivity contribution in [3.05, 3.63) is 53.5 Å². The first-order valence-corrected chi connectivity index (χ1v) is 16.2. The highest BCUT2D eigenvalue weighted by Crippen LogP contribution is 2.33. The van der Waals surface area contributed by atoms with Crippen LogP contribution < -0.4 is 21.3 Å². The predicted octanol–water partition coefficient (Wildman–Crippen LogP) is 4.06. The molecule has 3 aromatic rings. The van der Waals surface area contributed by atoms with E-state index in [0.717, 1.165) is 75.2 Å². The van der Waals surface area contributed by atoms with Gasteiger partial charge in [0.2, 0.25) is 0 Å². The molecule has 45 heavy (non-hydrogen) atoms. The molecule has 240 valence electrons. The molecule has 6 rings (SSSR count). The number of aromatic nitrogens is 3. The molecule has 5 heterocycles. The summed E-state index contributed by atoms with van der Waals surface area (Å²) in [6, 6.07) is 10.7. The SMILES string of the molecule is [2H]C([2H])([2H])N1CCN(C2CCN(c3ccc(Nc4nc(NC5CCOCC5)c(-c5ccnc(C)c5)nc4C(N)=O)cc3CC)CC2)CC1. The molecule has 4 N–H and O–H groups in total. The van der Waals surface area contributed by atoms with Crippen LogP contribution in [0.5, 0.6) is 0 Å². The molecule has 11 nitrogen and oxygen atoms in total. The van der Waals surface area contributed by atoms with Gasteiger partial charge in [-0.05, 0) is 81.9 Å². The van der Waals surface area contributed by atoms with Gasteiger partial charge in [-0.2, -0.15) is 0 Å². The van der Waals surface area contributed by atoms with E-state index in [9.17, 15) is 4.79 Å². The van der Waals surface area contributed by atoms with Crippen molar-refractivity contribution in [3.8, 4) is 11.3 Å². The van der Waals surface area contributed by atoms with Gasteiger partial charge in [-0.3, -0.25) is 14.7 Å². The Morgan fingerprint density at radius 3 is 2.49 bits per heavy atom. The fourth-order valence-corrected chi connectivity index (χ4v) is 6.68. The first-order chi connectivity index (χ1) is 23.1. The first-order valence-electron chi connectivity index (χ1n) is 17.7. The van der Waals surface area contributed by atoms with Gasteiger partial charge in [-0.1, -0.05) is 6.92 Å². The summed E-state index contributed by atoms with van der Waals surface area (Å²) in [7, 11) is 0. The van der Waals surface area contributed by atoms with E-state index in [1.165, 1.54) is 11.3 Å². The zero-order chi connectivity index (χ0) is 33.8. The number of amides is 1. The van der Waals surface area contributed by atoms with Crippen LogP contribution in [0.15, 0.2) is 36.5 Å². The zero-order valence-electron chi connectivity index (χ0n) is 29.4. The van der Waals surface area contributed by atoms with Gasteiger partial charge in [0, 0.05) is 97.5 Å². The normalized spacial score (nSPS) is 20.3. The number of piperazine rings is 1. The van der Waals surface area contributed by atoms with E-state index < -0.39 is 12.9 Å². The average molecular weight is 617 g/mol. The summed E-state index contributed by atoms with van der Waals surface area (Å²) < 4.78 is 28.7. The van der Waals surface area contributed by atoms with Gasteiger partial charge in [0.25, 0.3) is 5.91 Å². The second-order valence-electron chi connectivity index (χ2n) is 12.3. The highest BCUT2D eigenvalue weighted by molar-refractivity contribution is 5.97. The van der Waals surface area contributed by atoms with Crippen LogP contribution in [0.25, 0.3) is 11.3 Å². The summed E-state index contributed by atoms with van der Waals surface area (Å²) in [5, 5.41) is 6.94. The van der Waals surface area contributed by atoms with Crippen molar-refractivity contribution in [2.45, 2.75) is 58.0 Å². The number of nitrogens with one attached hydrogen (secondary N) is 2. The van der Waals surface area contributed by atoms with Crippen LogP contribution in [0, 0.1) is 6.92 Å². The van der Waals surface area contributed by atoms with Gasteiger partial charge in [0.1, 0.15) is 5.69 Å². The molecular formula is C34H47N9O2. The van der Waals surface area contributed by atoms with Crippen molar-refractivity contribution in [2.75, 3.05) is 75.0 Å². The van der Waals surface area contributed by atoms with E-state index in [0.29, 0.717) is 49.7 Å². The molecule has 3 aliphatic heterocycles. The molecule has 11 heteroatoms. The van der Waals surface area contributed by atoms with E-state index in [2.05, 4.69) is 44.5 Å². The van der Waals surface area contributed by atoms with Crippen LogP contribution in [0.3, 0.4) is 0 Å². The molecule has 3 saturated heterocycles. The monoisotopic (exact) mass is 616 g/mol. The number of hydrogen-bond donors (Lipinski definition) is 3. The van der Waals surface area contributed by atoms with Crippen molar-refractivity contribution < 1.29 is 13.6 Å². The summed E-state index contributed by atoms with van der Waals surface area (Å²) >= 11 is 0. The number of rotatable bonds is 9. The van der Waals surface area contributed by atoms with Crippen molar-refractivity contribution in [1.82, 2.24) is 24.8 Å². The number of carbonyl (C=O) groups is 1. The highest BCUT2D eigenvalue weighted by Gasteiger charge is 2.28. The predicted molar refractivity (Wildman–Crippen MR) is 179 cm³/mol. The van der Waals surface area contributed by atoms with E-state index >= 15 is 0 Å². The highest BCUT2D eigenvalue weighted by atomic mass is 16.5. The summed E-state index contributed by atoms with van der Waals surface area (Å²) in [4.78, 5) is 33.3. The molecule has 3 aliphatic rings. The third kappa shape index (κ3) is 7.37. The maximum absolute atomic E-state index is 12.7. The Bertz CT molecular complexity index is 1580. The maximum atomic E-state index is 12.7. The number of likely N-dealkylation sites (N-methyl/N-ethyl adjacent to an activating group) is 1. The molecule has 2 aromatic heterocycles. The number of nitrogens with two attached hydrogens (primary N) is 1. The number of piperidine rings is 1. The standard InChI is InChI=1S/C34H47N9O2/c1-4-24-22-27(5-6-29(24)43-13-8-28(9-14-43)42-17-15-41(3)16-18-42)38-34-31(32(35)44)39-30(25-7-12-36-23(2)21-25)33(40-34)37-26-10-19-45-20-11-26/h5-7,12,21-22,26,28H,4,8-11,13-20H2,1-3H3,(H2,35,44)(H2,37,38,40)/i3D3. The molecule has 0 spiro atoms. The lowest BCUT2D eigenvalue weighted by Crippen LogP contribution is -2.52. The number of nitrogens with zero attached hydrogens (tertiary/aromatic N) is 6. The number of benzene rings is 1. The van der Waals surface area contributed by atoms with Gasteiger partial charge in [-0.15, -0.1) is 0 Å². The number of carbonyl (C=O) groups excluding carboxylic acids is 1. The number of anilines is 4. The molecule has 0 radical (unpaired) electrons. The van der Waals surface area contributed by atoms with Crippen molar-refractivity contribution in [1.29, 1.82) is 0 Å². The third-order valence-corrected chi connectivity index (χ3v) is 9.22.